The van der Waals surface area contributed by atoms with Crippen molar-refractivity contribution in [2.75, 3.05) is 0 Å². The number of ketones is 1. The van der Waals surface area contributed by atoms with E-state index in [4.69, 9.17) is 5.11 Å². The number of Topliss-reactive ketones (excluding diaryl/α,β-unsaturated/α-hetero) is 1. The summed E-state index contributed by atoms with van der Waals surface area (Å²) in [4.78, 5) is 31.6. The van der Waals surface area contributed by atoms with Gasteiger partial charge in [-0.05, 0) is 13.3 Å². The lowest BCUT2D eigenvalue weighted by Crippen LogP contribution is -2.21. The molecule has 0 bridgehead atoms. The first-order chi connectivity index (χ1) is 5.99. The van der Waals surface area contributed by atoms with E-state index in [1.807, 2.05) is 0 Å². The molecule has 0 fully saturated rings. The highest BCUT2D eigenvalue weighted by Crippen LogP contribution is 2.16. The molecule has 13 heavy (non-hydrogen) atoms. The van der Waals surface area contributed by atoms with Crippen LogP contribution in [0.2, 0.25) is 0 Å². The Labute approximate surface area is 76.9 Å². The van der Waals surface area contributed by atoms with Crippen LogP contribution in [0.4, 0.5) is 0 Å². The quantitative estimate of drug-likeness (QED) is 0.625. The van der Waals surface area contributed by atoms with E-state index in [0.717, 1.165) is 0 Å². The summed E-state index contributed by atoms with van der Waals surface area (Å²) in [6.07, 6.45) is 0.862. The average Bonchev–Trinajstić information content (AvgIpc) is 2.03. The molecule has 0 aromatic rings. The zero-order chi connectivity index (χ0) is 10.4. The van der Waals surface area contributed by atoms with Gasteiger partial charge in [-0.3, -0.25) is 9.59 Å². The van der Waals surface area contributed by atoms with Gasteiger partial charge in [0.2, 0.25) is 0 Å². The van der Waals surface area contributed by atoms with Crippen molar-refractivity contribution in [1.82, 2.24) is 0 Å². The molecular weight excluding hydrogens is 172 g/mol. The van der Waals surface area contributed by atoms with Gasteiger partial charge in [0, 0.05) is 18.3 Å². The van der Waals surface area contributed by atoms with E-state index in [1.165, 1.54) is 6.92 Å². The van der Waals surface area contributed by atoms with Gasteiger partial charge in [-0.25, -0.2) is 0 Å². The van der Waals surface area contributed by atoms with Crippen molar-refractivity contribution in [1.29, 1.82) is 0 Å². The van der Waals surface area contributed by atoms with Gasteiger partial charge < -0.3 is 9.90 Å². The molecule has 2 unspecified atom stereocenters. The maximum atomic E-state index is 11.0. The van der Waals surface area contributed by atoms with Crippen LogP contribution in [0.1, 0.15) is 26.7 Å². The molecule has 0 aliphatic rings. The number of carbonyl (C=O) groups excluding carboxylic acids is 2. The second kappa shape index (κ2) is 5.45. The Morgan fingerprint density at radius 2 is 2.00 bits per heavy atom. The fourth-order valence-corrected chi connectivity index (χ4v) is 1.21. The Morgan fingerprint density at radius 3 is 2.31 bits per heavy atom. The van der Waals surface area contributed by atoms with E-state index in [2.05, 4.69) is 0 Å². The van der Waals surface area contributed by atoms with E-state index in [9.17, 15) is 14.4 Å². The van der Waals surface area contributed by atoms with Crippen molar-refractivity contribution in [3.05, 3.63) is 0 Å². The van der Waals surface area contributed by atoms with Gasteiger partial charge in [0.1, 0.15) is 12.1 Å². The number of hydrogen-bond donors (Lipinski definition) is 1. The maximum absolute atomic E-state index is 11.0. The number of hydrogen-bond acceptors (Lipinski definition) is 3. The summed E-state index contributed by atoms with van der Waals surface area (Å²) in [6.45, 7) is 3.01. The van der Waals surface area contributed by atoms with Crippen LogP contribution >= 0.6 is 0 Å². The van der Waals surface area contributed by atoms with Crippen LogP contribution in [-0.2, 0) is 14.4 Å². The number of aldehydes is 1. The third-order valence-electron chi connectivity index (χ3n) is 2.04. The number of carboxylic acid groups (broad SMARTS) is 1. The Hall–Kier alpha value is -1.19. The predicted molar refractivity (Wildman–Crippen MR) is 46.3 cm³/mol. The van der Waals surface area contributed by atoms with Crippen LogP contribution in [0.25, 0.3) is 0 Å². The second-order valence-electron chi connectivity index (χ2n) is 3.14. The monoisotopic (exact) mass is 186 g/mol. The van der Waals surface area contributed by atoms with Crippen LogP contribution in [-0.4, -0.2) is 23.1 Å². The van der Waals surface area contributed by atoms with Gasteiger partial charge >= 0.3 is 5.97 Å². The number of carbonyl (C=O) groups is 3. The Kier molecular flexibility index (Phi) is 4.96. The second-order valence-corrected chi connectivity index (χ2v) is 3.14. The van der Waals surface area contributed by atoms with Crippen molar-refractivity contribution in [3.8, 4) is 0 Å². The molecule has 0 saturated heterocycles. The molecular formula is C9H14O4. The largest absolute Gasteiger partial charge is 0.481 e. The van der Waals surface area contributed by atoms with Crippen LogP contribution in [0, 0.1) is 11.8 Å². The predicted octanol–water partition coefficient (Wildman–Crippen LogP) is 0.891. The summed E-state index contributed by atoms with van der Waals surface area (Å²) in [7, 11) is 0. The zero-order valence-corrected chi connectivity index (χ0v) is 7.82. The summed E-state index contributed by atoms with van der Waals surface area (Å²) in [5.41, 5.74) is 0. The molecule has 0 aliphatic carbocycles. The van der Waals surface area contributed by atoms with Crippen molar-refractivity contribution in [2.24, 2.45) is 11.8 Å². The minimum atomic E-state index is -0.940. The summed E-state index contributed by atoms with van der Waals surface area (Å²) < 4.78 is 0. The van der Waals surface area contributed by atoms with Gasteiger partial charge in [0.25, 0.3) is 0 Å². The molecule has 0 heterocycles. The van der Waals surface area contributed by atoms with Gasteiger partial charge in [-0.15, -0.1) is 0 Å². The molecule has 4 heteroatoms. The van der Waals surface area contributed by atoms with Gasteiger partial charge in [0.05, 0.1) is 0 Å². The van der Waals surface area contributed by atoms with Crippen LogP contribution < -0.4 is 0 Å². The third-order valence-corrected chi connectivity index (χ3v) is 2.04. The summed E-state index contributed by atoms with van der Waals surface area (Å²) in [5, 5.41) is 8.40. The van der Waals surface area contributed by atoms with E-state index >= 15 is 0 Å². The minimum Gasteiger partial charge on any atom is -0.481 e. The van der Waals surface area contributed by atoms with Crippen LogP contribution in [0.3, 0.4) is 0 Å². The van der Waals surface area contributed by atoms with Crippen molar-refractivity contribution in [2.45, 2.75) is 26.7 Å². The van der Waals surface area contributed by atoms with Gasteiger partial charge in [-0.1, -0.05) is 6.92 Å². The van der Waals surface area contributed by atoms with E-state index in [1.54, 1.807) is 6.92 Å². The highest BCUT2D eigenvalue weighted by Gasteiger charge is 2.21. The molecule has 1 N–H and O–H groups in total. The highest BCUT2D eigenvalue weighted by atomic mass is 16.4. The number of rotatable bonds is 6. The molecule has 0 aromatic carbocycles. The Balaban J connectivity index is 4.18. The molecule has 2 atom stereocenters. The number of carboxylic acids is 1. The topological polar surface area (TPSA) is 71.4 Å². The molecule has 0 saturated carbocycles. The smallest absolute Gasteiger partial charge is 0.303 e. The Bertz CT molecular complexity index is 210. The zero-order valence-electron chi connectivity index (χ0n) is 7.82. The highest BCUT2D eigenvalue weighted by molar-refractivity contribution is 5.82. The van der Waals surface area contributed by atoms with Crippen molar-refractivity contribution in [3.63, 3.8) is 0 Å². The maximum Gasteiger partial charge on any atom is 0.303 e. The molecule has 0 aromatic heterocycles. The van der Waals surface area contributed by atoms with E-state index < -0.39 is 17.8 Å². The molecule has 4 nitrogen and oxygen atoms in total. The molecule has 74 valence electrons. The number of aliphatic carboxylic acids is 1. The standard InChI is InChI=1S/C9H14O4/c1-6(5-10)8(7(2)11)3-4-9(12)13/h5-6,8H,3-4H2,1-2H3,(H,12,13). The SMILES string of the molecule is CC(=O)C(CCC(=O)O)C(C)C=O. The van der Waals surface area contributed by atoms with E-state index in [0.29, 0.717) is 6.29 Å². The van der Waals surface area contributed by atoms with Crippen molar-refractivity contribution < 1.29 is 19.5 Å². The lowest BCUT2D eigenvalue weighted by Gasteiger charge is -2.14. The summed E-state index contributed by atoms with van der Waals surface area (Å²) in [5.74, 6) is -1.91. The first-order valence-electron chi connectivity index (χ1n) is 4.16. The summed E-state index contributed by atoms with van der Waals surface area (Å²) >= 11 is 0. The molecule has 0 rings (SSSR count). The molecule has 0 radical (unpaired) electrons. The van der Waals surface area contributed by atoms with Gasteiger partial charge in [0.15, 0.2) is 0 Å². The third kappa shape index (κ3) is 4.40. The van der Waals surface area contributed by atoms with Crippen molar-refractivity contribution >= 4 is 18.0 Å². The summed E-state index contributed by atoms with van der Waals surface area (Å²) in [6, 6.07) is 0. The molecule has 0 aliphatic heterocycles. The minimum absolute atomic E-state index is 0.0670. The Morgan fingerprint density at radius 1 is 1.46 bits per heavy atom. The fourth-order valence-electron chi connectivity index (χ4n) is 1.21. The molecule has 0 spiro atoms. The first kappa shape index (κ1) is 11.8. The lowest BCUT2D eigenvalue weighted by atomic mass is 9.88. The van der Waals surface area contributed by atoms with Crippen LogP contribution in [0.5, 0.6) is 0 Å². The first-order valence-corrected chi connectivity index (χ1v) is 4.16. The molecule has 0 amide bonds. The van der Waals surface area contributed by atoms with Crippen LogP contribution in [0.15, 0.2) is 0 Å². The normalized spacial score (nSPS) is 14.6. The fraction of sp³-hybridized carbons (Fsp3) is 0.667. The van der Waals surface area contributed by atoms with E-state index in [-0.39, 0.29) is 18.6 Å². The lowest BCUT2D eigenvalue weighted by molar-refractivity contribution is -0.138. The van der Waals surface area contributed by atoms with Gasteiger partial charge in [-0.2, -0.15) is 0 Å². The average molecular weight is 186 g/mol.